The summed E-state index contributed by atoms with van der Waals surface area (Å²) in [4.78, 5) is 4.17. The van der Waals surface area contributed by atoms with E-state index in [2.05, 4.69) is 25.4 Å². The van der Waals surface area contributed by atoms with Crippen LogP contribution in [0.3, 0.4) is 0 Å². The van der Waals surface area contributed by atoms with Gasteiger partial charge in [-0.15, -0.1) is 0 Å². The summed E-state index contributed by atoms with van der Waals surface area (Å²) in [6.45, 7) is 3.93. The Kier molecular flexibility index (Phi) is 2.59. The molecule has 2 rings (SSSR count). The van der Waals surface area contributed by atoms with Crippen LogP contribution < -0.4 is 0 Å². The number of H-pyrrole nitrogens is 2. The average Bonchev–Trinajstić information content (AvgIpc) is 2.65. The van der Waals surface area contributed by atoms with E-state index in [1.807, 2.05) is 19.9 Å². The molecule has 0 saturated heterocycles. The van der Waals surface area contributed by atoms with Gasteiger partial charge < -0.3 is 0 Å². The molecule has 0 bridgehead atoms. The molecule has 0 fully saturated rings. The van der Waals surface area contributed by atoms with Crippen LogP contribution in [0.1, 0.15) is 18.3 Å². The van der Waals surface area contributed by atoms with Gasteiger partial charge in [0.2, 0.25) is 4.77 Å². The SMILES string of the molecule is CCc1nnc(C)cc1-c1nc(=S)[nH][nH]1. The van der Waals surface area contributed by atoms with Crippen LogP contribution in [0.2, 0.25) is 0 Å². The molecular formula is C9H11N5S. The molecule has 2 N–H and O–H groups in total. The van der Waals surface area contributed by atoms with Crippen LogP contribution in [0.25, 0.3) is 11.4 Å². The first-order valence-electron chi connectivity index (χ1n) is 4.69. The molecule has 0 atom stereocenters. The third kappa shape index (κ3) is 1.94. The Morgan fingerprint density at radius 2 is 2.13 bits per heavy atom. The molecule has 2 aromatic heterocycles. The lowest BCUT2D eigenvalue weighted by Crippen LogP contribution is -1.98. The van der Waals surface area contributed by atoms with Gasteiger partial charge in [-0.3, -0.25) is 10.2 Å². The highest BCUT2D eigenvalue weighted by Gasteiger charge is 2.09. The summed E-state index contributed by atoms with van der Waals surface area (Å²) in [6, 6.07) is 1.95. The highest BCUT2D eigenvalue weighted by Crippen LogP contribution is 2.18. The topological polar surface area (TPSA) is 70.2 Å². The summed E-state index contributed by atoms with van der Waals surface area (Å²) in [5, 5.41) is 13.8. The number of aryl methyl sites for hydroxylation is 2. The second-order valence-corrected chi connectivity index (χ2v) is 3.60. The lowest BCUT2D eigenvalue weighted by Gasteiger charge is -2.03. The molecule has 0 unspecified atom stereocenters. The van der Waals surface area contributed by atoms with E-state index < -0.39 is 0 Å². The van der Waals surface area contributed by atoms with Crippen molar-refractivity contribution in [3.63, 3.8) is 0 Å². The third-order valence-corrected chi connectivity index (χ3v) is 2.28. The standard InChI is InChI=1S/C9H11N5S/c1-3-7-6(4-5(2)11-12-7)8-10-9(15)14-13-8/h4H,3H2,1-2H3,(H2,10,13,14,15). The van der Waals surface area contributed by atoms with Crippen molar-refractivity contribution in [1.82, 2.24) is 25.4 Å². The molecule has 5 nitrogen and oxygen atoms in total. The van der Waals surface area contributed by atoms with Gasteiger partial charge in [0.25, 0.3) is 0 Å². The molecule has 0 radical (unpaired) electrons. The zero-order chi connectivity index (χ0) is 10.8. The molecule has 0 spiro atoms. The molecule has 6 heteroatoms. The average molecular weight is 221 g/mol. The largest absolute Gasteiger partial charge is 0.282 e. The number of rotatable bonds is 2. The van der Waals surface area contributed by atoms with Gasteiger partial charge >= 0.3 is 0 Å². The number of nitrogens with one attached hydrogen (secondary N) is 2. The van der Waals surface area contributed by atoms with E-state index in [-0.39, 0.29) is 0 Å². The third-order valence-electron chi connectivity index (χ3n) is 2.08. The zero-order valence-corrected chi connectivity index (χ0v) is 9.35. The number of aromatic nitrogens is 5. The van der Waals surface area contributed by atoms with Crippen molar-refractivity contribution in [2.45, 2.75) is 20.3 Å². The first-order chi connectivity index (χ1) is 7.20. The van der Waals surface area contributed by atoms with Gasteiger partial charge in [0, 0.05) is 5.56 Å². The molecule has 0 aliphatic rings. The molecule has 2 aromatic rings. The van der Waals surface area contributed by atoms with Gasteiger partial charge in [-0.05, 0) is 31.6 Å². The Bertz CT molecular complexity index is 527. The van der Waals surface area contributed by atoms with E-state index in [4.69, 9.17) is 12.2 Å². The smallest absolute Gasteiger partial charge is 0.213 e. The van der Waals surface area contributed by atoms with Gasteiger partial charge in [-0.25, -0.2) is 0 Å². The van der Waals surface area contributed by atoms with Crippen LogP contribution in [-0.2, 0) is 6.42 Å². The molecular weight excluding hydrogens is 210 g/mol. The summed E-state index contributed by atoms with van der Waals surface area (Å²) < 4.78 is 0.446. The minimum atomic E-state index is 0.446. The van der Waals surface area contributed by atoms with E-state index in [1.165, 1.54) is 0 Å². The lowest BCUT2D eigenvalue weighted by atomic mass is 10.1. The van der Waals surface area contributed by atoms with Crippen molar-refractivity contribution in [1.29, 1.82) is 0 Å². The summed E-state index contributed by atoms with van der Waals surface area (Å²) >= 11 is 4.91. The molecule has 0 aliphatic heterocycles. The van der Waals surface area contributed by atoms with Crippen molar-refractivity contribution in [3.05, 3.63) is 22.2 Å². The normalized spacial score (nSPS) is 10.5. The Hall–Kier alpha value is -1.56. The molecule has 2 heterocycles. The van der Waals surface area contributed by atoms with Gasteiger partial charge in [0.05, 0.1) is 11.4 Å². The highest BCUT2D eigenvalue weighted by molar-refractivity contribution is 7.71. The van der Waals surface area contributed by atoms with Gasteiger partial charge in [-0.1, -0.05) is 6.92 Å². The predicted octanol–water partition coefficient (Wildman–Crippen LogP) is 1.80. The molecule has 0 amide bonds. The summed E-state index contributed by atoms with van der Waals surface area (Å²) in [5.74, 6) is 0.717. The van der Waals surface area contributed by atoms with Crippen LogP contribution in [-0.4, -0.2) is 25.4 Å². The molecule has 15 heavy (non-hydrogen) atoms. The molecule has 78 valence electrons. The van der Waals surface area contributed by atoms with Gasteiger partial charge in [0.1, 0.15) is 0 Å². The van der Waals surface area contributed by atoms with Crippen LogP contribution >= 0.6 is 12.2 Å². The second kappa shape index (κ2) is 3.90. The lowest BCUT2D eigenvalue weighted by molar-refractivity contribution is 0.892. The summed E-state index contributed by atoms with van der Waals surface area (Å²) in [6.07, 6.45) is 0.816. The monoisotopic (exact) mass is 221 g/mol. The number of aromatic amines is 2. The minimum absolute atomic E-state index is 0.446. The Labute approximate surface area is 92.0 Å². The zero-order valence-electron chi connectivity index (χ0n) is 8.53. The van der Waals surface area contributed by atoms with E-state index in [1.54, 1.807) is 0 Å². The fourth-order valence-corrected chi connectivity index (χ4v) is 1.52. The predicted molar refractivity (Wildman–Crippen MR) is 58.9 cm³/mol. The number of hydrogen-bond donors (Lipinski definition) is 2. The first-order valence-corrected chi connectivity index (χ1v) is 5.09. The number of hydrogen-bond acceptors (Lipinski definition) is 4. The Morgan fingerprint density at radius 3 is 2.73 bits per heavy atom. The first kappa shape index (κ1) is 9.97. The maximum atomic E-state index is 4.91. The maximum Gasteiger partial charge on any atom is 0.213 e. The Balaban J connectivity index is 2.59. The van der Waals surface area contributed by atoms with E-state index in [0.717, 1.165) is 29.2 Å². The fraction of sp³-hybridized carbons (Fsp3) is 0.333. The van der Waals surface area contributed by atoms with Crippen molar-refractivity contribution in [2.24, 2.45) is 0 Å². The van der Waals surface area contributed by atoms with E-state index in [9.17, 15) is 0 Å². The number of nitrogens with zero attached hydrogens (tertiary/aromatic N) is 3. The van der Waals surface area contributed by atoms with E-state index >= 15 is 0 Å². The van der Waals surface area contributed by atoms with Crippen molar-refractivity contribution >= 4 is 12.2 Å². The van der Waals surface area contributed by atoms with Crippen LogP contribution in [0.15, 0.2) is 6.07 Å². The van der Waals surface area contributed by atoms with Crippen molar-refractivity contribution < 1.29 is 0 Å². The maximum absolute atomic E-state index is 4.91. The van der Waals surface area contributed by atoms with Crippen LogP contribution in [0, 0.1) is 11.7 Å². The fourth-order valence-electron chi connectivity index (χ4n) is 1.38. The summed E-state index contributed by atoms with van der Waals surface area (Å²) in [7, 11) is 0. The molecule has 0 aromatic carbocycles. The molecule has 0 saturated carbocycles. The van der Waals surface area contributed by atoms with Crippen LogP contribution in [0.5, 0.6) is 0 Å². The van der Waals surface area contributed by atoms with Crippen molar-refractivity contribution in [3.8, 4) is 11.4 Å². The second-order valence-electron chi connectivity index (χ2n) is 3.22. The summed E-state index contributed by atoms with van der Waals surface area (Å²) in [5.41, 5.74) is 2.74. The quantitative estimate of drug-likeness (QED) is 0.758. The van der Waals surface area contributed by atoms with Crippen LogP contribution in [0.4, 0.5) is 0 Å². The van der Waals surface area contributed by atoms with Gasteiger partial charge in [-0.2, -0.15) is 15.2 Å². The van der Waals surface area contributed by atoms with E-state index in [0.29, 0.717) is 4.77 Å². The van der Waals surface area contributed by atoms with Gasteiger partial charge in [0.15, 0.2) is 5.82 Å². The minimum Gasteiger partial charge on any atom is -0.282 e. The molecule has 0 aliphatic carbocycles. The Morgan fingerprint density at radius 1 is 1.33 bits per heavy atom. The van der Waals surface area contributed by atoms with Crippen molar-refractivity contribution in [2.75, 3.05) is 0 Å². The highest BCUT2D eigenvalue weighted by atomic mass is 32.1.